The van der Waals surface area contributed by atoms with Gasteiger partial charge in [0.05, 0.1) is 34.8 Å². The van der Waals surface area contributed by atoms with Gasteiger partial charge in [-0.1, -0.05) is 59.1 Å². The predicted molar refractivity (Wildman–Crippen MR) is 134 cm³/mol. The summed E-state index contributed by atoms with van der Waals surface area (Å²) in [5.41, 5.74) is 2.32. The molecule has 3 heterocycles. The van der Waals surface area contributed by atoms with Crippen molar-refractivity contribution in [3.8, 4) is 0 Å². The first kappa shape index (κ1) is 22.3. The Kier molecular flexibility index (Phi) is 5.22. The number of halogens is 3. The van der Waals surface area contributed by atoms with E-state index >= 15 is 0 Å². The monoisotopic (exact) mass is 523 g/mol. The number of hydrogen-bond donors (Lipinski definition) is 0. The van der Waals surface area contributed by atoms with E-state index in [2.05, 4.69) is 5.10 Å². The Morgan fingerprint density at radius 1 is 0.829 bits per heavy atom. The SMILES string of the molecule is O=C(c1ccc(Cl)cc1)[C@H]1[C@H]2C(=O)N(c3ccc(Cl)cc3Cl)C(=O)[C@@H]2[C@H]2c3ccccc3C=NN21. The predicted octanol–water partition coefficient (Wildman–Crippen LogP) is 5.41. The van der Waals surface area contributed by atoms with Gasteiger partial charge < -0.3 is 0 Å². The smallest absolute Gasteiger partial charge is 0.240 e. The number of hydrogen-bond acceptors (Lipinski definition) is 5. The van der Waals surface area contributed by atoms with E-state index in [0.29, 0.717) is 15.6 Å². The lowest BCUT2D eigenvalue weighted by molar-refractivity contribution is -0.124. The highest BCUT2D eigenvalue weighted by atomic mass is 35.5. The summed E-state index contributed by atoms with van der Waals surface area (Å²) in [6.45, 7) is 0. The molecule has 174 valence electrons. The number of carbonyl (C=O) groups is 3. The Hall–Kier alpha value is -3.19. The zero-order valence-electron chi connectivity index (χ0n) is 17.9. The Morgan fingerprint density at radius 2 is 1.51 bits per heavy atom. The van der Waals surface area contributed by atoms with Crippen molar-refractivity contribution in [1.82, 2.24) is 5.01 Å². The molecule has 6 nitrogen and oxygen atoms in total. The van der Waals surface area contributed by atoms with E-state index in [4.69, 9.17) is 34.8 Å². The molecule has 0 saturated carbocycles. The second-order valence-corrected chi connectivity index (χ2v) is 9.95. The maximum Gasteiger partial charge on any atom is 0.240 e. The second kappa shape index (κ2) is 8.19. The Bertz CT molecular complexity index is 1440. The van der Waals surface area contributed by atoms with Gasteiger partial charge in [-0.15, -0.1) is 0 Å². The minimum absolute atomic E-state index is 0.179. The van der Waals surface area contributed by atoms with Crippen LogP contribution in [0, 0.1) is 11.8 Å². The maximum atomic E-state index is 13.9. The first-order valence-corrected chi connectivity index (χ1v) is 12.0. The highest BCUT2D eigenvalue weighted by Crippen LogP contribution is 2.53. The largest absolute Gasteiger partial charge is 0.292 e. The summed E-state index contributed by atoms with van der Waals surface area (Å²) < 4.78 is 0. The van der Waals surface area contributed by atoms with Gasteiger partial charge in [-0.25, -0.2) is 4.90 Å². The molecule has 0 N–H and O–H groups in total. The van der Waals surface area contributed by atoms with Crippen LogP contribution < -0.4 is 4.90 Å². The topological polar surface area (TPSA) is 70.0 Å². The minimum Gasteiger partial charge on any atom is -0.292 e. The van der Waals surface area contributed by atoms with Crippen LogP contribution >= 0.6 is 34.8 Å². The van der Waals surface area contributed by atoms with Gasteiger partial charge in [0.25, 0.3) is 0 Å². The average Bonchev–Trinajstić information content (AvgIpc) is 3.32. The third kappa shape index (κ3) is 3.32. The van der Waals surface area contributed by atoms with E-state index in [1.165, 1.54) is 6.07 Å². The van der Waals surface area contributed by atoms with Crippen molar-refractivity contribution in [3.05, 3.63) is 98.5 Å². The fourth-order valence-corrected chi connectivity index (χ4v) is 5.97. The molecule has 0 aromatic heterocycles. The number of imide groups is 1. The molecule has 35 heavy (non-hydrogen) atoms. The van der Waals surface area contributed by atoms with Gasteiger partial charge in [0.1, 0.15) is 6.04 Å². The van der Waals surface area contributed by atoms with Crippen LogP contribution in [0.5, 0.6) is 0 Å². The lowest BCUT2D eigenvalue weighted by Gasteiger charge is -2.33. The number of amides is 2. The number of hydrazone groups is 1. The van der Waals surface area contributed by atoms with Crippen molar-refractivity contribution in [2.75, 3.05) is 4.90 Å². The number of fused-ring (bicyclic) bond motifs is 5. The van der Waals surface area contributed by atoms with Crippen molar-refractivity contribution >= 4 is 64.3 Å². The molecule has 2 saturated heterocycles. The fourth-order valence-electron chi connectivity index (χ4n) is 5.35. The van der Waals surface area contributed by atoms with E-state index < -0.39 is 35.7 Å². The minimum atomic E-state index is -0.969. The summed E-state index contributed by atoms with van der Waals surface area (Å²) in [7, 11) is 0. The summed E-state index contributed by atoms with van der Waals surface area (Å²) in [6, 6.07) is 17.1. The fraction of sp³-hybridized carbons (Fsp3) is 0.154. The van der Waals surface area contributed by atoms with E-state index in [0.717, 1.165) is 16.0 Å². The van der Waals surface area contributed by atoms with Gasteiger partial charge in [-0.2, -0.15) is 5.10 Å². The molecule has 3 aliphatic heterocycles. The van der Waals surface area contributed by atoms with E-state index in [-0.39, 0.29) is 16.5 Å². The molecule has 0 radical (unpaired) electrons. The number of benzene rings is 3. The van der Waals surface area contributed by atoms with Gasteiger partial charge in [0.15, 0.2) is 5.78 Å². The standard InChI is InChI=1S/C26H16Cl3N3O3/c27-15-7-5-13(6-8-15)24(33)23-21-20(22-17-4-2-1-3-14(17)12-30-32(22)23)25(34)31(26(21)35)19-10-9-16(28)11-18(19)29/h1-12,20-23H/t20-,21-,22+,23+/m0/s1. The summed E-state index contributed by atoms with van der Waals surface area (Å²) in [5, 5.41) is 7.22. The Balaban J connectivity index is 1.50. The molecule has 0 unspecified atom stereocenters. The summed E-state index contributed by atoms with van der Waals surface area (Å²) in [4.78, 5) is 42.6. The number of anilines is 1. The average molecular weight is 525 g/mol. The van der Waals surface area contributed by atoms with Crippen molar-refractivity contribution in [1.29, 1.82) is 0 Å². The number of ketones is 1. The molecule has 2 amide bonds. The number of nitrogens with zero attached hydrogens (tertiary/aromatic N) is 3. The van der Waals surface area contributed by atoms with E-state index in [1.807, 2.05) is 24.3 Å². The number of Topliss-reactive ketones (excluding diaryl/α,β-unsaturated/α-hetero) is 1. The van der Waals surface area contributed by atoms with Gasteiger partial charge in [0.2, 0.25) is 11.8 Å². The van der Waals surface area contributed by atoms with Gasteiger partial charge in [-0.3, -0.25) is 19.4 Å². The second-order valence-electron chi connectivity index (χ2n) is 8.67. The zero-order valence-corrected chi connectivity index (χ0v) is 20.2. The van der Waals surface area contributed by atoms with Crippen molar-refractivity contribution in [2.45, 2.75) is 12.1 Å². The van der Waals surface area contributed by atoms with Crippen molar-refractivity contribution < 1.29 is 14.4 Å². The normalized spacial score (nSPS) is 24.4. The highest BCUT2D eigenvalue weighted by molar-refractivity contribution is 6.38. The molecule has 3 aromatic carbocycles. The number of rotatable bonds is 3. The van der Waals surface area contributed by atoms with Gasteiger partial charge in [-0.05, 0) is 53.6 Å². The molecule has 9 heteroatoms. The van der Waals surface area contributed by atoms with Crippen LogP contribution in [0.1, 0.15) is 27.5 Å². The first-order valence-electron chi connectivity index (χ1n) is 10.9. The lowest BCUT2D eigenvalue weighted by Crippen LogP contribution is -2.44. The molecule has 4 atom stereocenters. The molecule has 0 bridgehead atoms. The molecular formula is C26H16Cl3N3O3. The van der Waals surface area contributed by atoms with Gasteiger partial charge >= 0.3 is 0 Å². The van der Waals surface area contributed by atoms with E-state index in [9.17, 15) is 14.4 Å². The molecule has 2 fully saturated rings. The van der Waals surface area contributed by atoms with Crippen LogP contribution in [0.25, 0.3) is 0 Å². The maximum absolute atomic E-state index is 13.9. The summed E-state index contributed by atoms with van der Waals surface area (Å²) in [6.07, 6.45) is 1.66. The Labute approximate surface area is 215 Å². The highest BCUT2D eigenvalue weighted by Gasteiger charge is 2.65. The molecule has 3 aromatic rings. The van der Waals surface area contributed by atoms with Crippen LogP contribution in [0.15, 0.2) is 71.8 Å². The Morgan fingerprint density at radius 3 is 2.26 bits per heavy atom. The van der Waals surface area contributed by atoms with Gasteiger partial charge in [0, 0.05) is 15.6 Å². The van der Waals surface area contributed by atoms with Crippen molar-refractivity contribution in [2.24, 2.45) is 16.9 Å². The third-order valence-corrected chi connectivity index (χ3v) is 7.63. The van der Waals surface area contributed by atoms with Crippen LogP contribution in [0.2, 0.25) is 15.1 Å². The van der Waals surface area contributed by atoms with Crippen LogP contribution in [0.3, 0.4) is 0 Å². The summed E-state index contributed by atoms with van der Waals surface area (Å²) >= 11 is 18.4. The first-order chi connectivity index (χ1) is 16.9. The zero-order chi connectivity index (χ0) is 24.4. The molecule has 0 spiro atoms. The third-order valence-electron chi connectivity index (χ3n) is 6.84. The van der Waals surface area contributed by atoms with Crippen LogP contribution in [-0.2, 0) is 9.59 Å². The number of carbonyl (C=O) groups excluding carboxylic acids is 3. The van der Waals surface area contributed by atoms with Crippen LogP contribution in [0.4, 0.5) is 5.69 Å². The lowest BCUT2D eigenvalue weighted by atomic mass is 9.83. The molecule has 6 rings (SSSR count). The quantitative estimate of drug-likeness (QED) is 0.339. The summed E-state index contributed by atoms with van der Waals surface area (Å²) in [5.74, 6) is -2.96. The van der Waals surface area contributed by atoms with Crippen LogP contribution in [-0.4, -0.2) is 34.9 Å². The molecular weight excluding hydrogens is 509 g/mol. The molecule has 3 aliphatic rings. The van der Waals surface area contributed by atoms with E-state index in [1.54, 1.807) is 47.6 Å². The molecule has 0 aliphatic carbocycles. The van der Waals surface area contributed by atoms with Crippen molar-refractivity contribution in [3.63, 3.8) is 0 Å².